The van der Waals surface area contributed by atoms with Crippen LogP contribution in [0.3, 0.4) is 0 Å². The van der Waals surface area contributed by atoms with Crippen molar-refractivity contribution in [1.29, 1.82) is 0 Å². The van der Waals surface area contributed by atoms with Gasteiger partial charge in [0.15, 0.2) is 0 Å². The van der Waals surface area contributed by atoms with Crippen LogP contribution in [0.5, 0.6) is 0 Å². The molecular weight excluding hydrogens is 181 g/mol. The Hall–Kier alpha value is 0.525. The average Bonchev–Trinajstić information content (AvgIpc) is 1.88. The summed E-state index contributed by atoms with van der Waals surface area (Å²) < 4.78 is 8.88. The second-order valence-electron chi connectivity index (χ2n) is 1.67. The van der Waals surface area contributed by atoms with Crippen molar-refractivity contribution < 1.29 is 59.8 Å². The van der Waals surface area contributed by atoms with Crippen LogP contribution in [0.15, 0.2) is 36.4 Å². The first-order chi connectivity index (χ1) is 5.00. The molecule has 0 unspecified atom stereocenters. The van der Waals surface area contributed by atoms with Gasteiger partial charge in [-0.1, -0.05) is 36.4 Å². The number of hydrogen-bond acceptors (Lipinski definition) is 1. The molecule has 0 amide bonds. The standard InChI is InChI=1S/C6H6.2Li.H3O4P.2H/c1-2-4-6-5-3-1;;;1-5(2,3)4;;/h1-6H;;;(H3,1,2,3,4);;/q;2*+1;;2*-1. The number of phosphoric acid groups is 1. The summed E-state index contributed by atoms with van der Waals surface area (Å²) in [6, 6.07) is 12.0. The van der Waals surface area contributed by atoms with Gasteiger partial charge in [-0.2, -0.15) is 0 Å². The molecular formula is C6H11Li2O4P. The maximum atomic E-state index is 8.88. The van der Waals surface area contributed by atoms with E-state index < -0.39 is 7.82 Å². The minimum atomic E-state index is -4.64. The Bertz CT molecular complexity index is 199. The van der Waals surface area contributed by atoms with Gasteiger partial charge in [-0.3, -0.25) is 0 Å². The molecule has 0 fully saturated rings. The molecule has 0 heterocycles. The molecule has 0 bridgehead atoms. The van der Waals surface area contributed by atoms with E-state index >= 15 is 0 Å². The molecule has 1 aromatic rings. The van der Waals surface area contributed by atoms with Gasteiger partial charge in [0, 0.05) is 0 Å². The predicted molar refractivity (Wildman–Crippen MR) is 42.9 cm³/mol. The first kappa shape index (κ1) is 19.2. The van der Waals surface area contributed by atoms with E-state index in [0.717, 1.165) is 0 Å². The third-order valence-electron chi connectivity index (χ3n) is 0.667. The molecule has 0 aromatic heterocycles. The van der Waals surface area contributed by atoms with Crippen LogP contribution in [-0.2, 0) is 4.57 Å². The Balaban J connectivity index is -0.0000000356. The Morgan fingerprint density at radius 1 is 0.769 bits per heavy atom. The number of rotatable bonds is 0. The van der Waals surface area contributed by atoms with E-state index in [-0.39, 0.29) is 40.6 Å². The van der Waals surface area contributed by atoms with Crippen LogP contribution in [0.25, 0.3) is 0 Å². The van der Waals surface area contributed by atoms with Crippen LogP contribution in [0.1, 0.15) is 2.85 Å². The Morgan fingerprint density at radius 3 is 0.923 bits per heavy atom. The van der Waals surface area contributed by atoms with Crippen molar-refractivity contribution in [2.24, 2.45) is 0 Å². The summed E-state index contributed by atoms with van der Waals surface area (Å²) in [5.74, 6) is 0. The van der Waals surface area contributed by atoms with E-state index in [9.17, 15) is 0 Å². The molecule has 0 saturated heterocycles. The Labute approximate surface area is 104 Å². The van der Waals surface area contributed by atoms with E-state index in [1.807, 2.05) is 36.4 Å². The molecule has 4 nitrogen and oxygen atoms in total. The van der Waals surface area contributed by atoms with Gasteiger partial charge >= 0.3 is 45.5 Å². The molecule has 0 aliphatic heterocycles. The fourth-order valence-corrected chi connectivity index (χ4v) is 0.385. The van der Waals surface area contributed by atoms with Gasteiger partial charge in [0.05, 0.1) is 0 Å². The van der Waals surface area contributed by atoms with E-state index in [1.165, 1.54) is 0 Å². The maximum Gasteiger partial charge on any atom is 1.00 e. The minimum absolute atomic E-state index is 0. The van der Waals surface area contributed by atoms with Gasteiger partial charge < -0.3 is 17.5 Å². The largest absolute Gasteiger partial charge is 1.00 e. The minimum Gasteiger partial charge on any atom is -1.00 e. The second kappa shape index (κ2) is 10.6. The first-order valence-corrected chi connectivity index (χ1v) is 4.35. The molecule has 0 aliphatic carbocycles. The van der Waals surface area contributed by atoms with Gasteiger partial charge in [-0.25, -0.2) is 4.57 Å². The third kappa shape index (κ3) is 32.6. The predicted octanol–water partition coefficient (Wildman–Crippen LogP) is -5.01. The van der Waals surface area contributed by atoms with Crippen molar-refractivity contribution in [2.45, 2.75) is 0 Å². The third-order valence-corrected chi connectivity index (χ3v) is 0.667. The summed E-state index contributed by atoms with van der Waals surface area (Å²) in [4.78, 5) is 21.6. The first-order valence-electron chi connectivity index (χ1n) is 2.78. The molecule has 3 N–H and O–H groups in total. The zero-order valence-electron chi connectivity index (χ0n) is 9.66. The van der Waals surface area contributed by atoms with Gasteiger partial charge in [-0.05, 0) is 0 Å². The zero-order valence-corrected chi connectivity index (χ0v) is 8.56. The molecule has 0 spiro atoms. The molecule has 66 valence electrons. The molecule has 7 heteroatoms. The van der Waals surface area contributed by atoms with Crippen LogP contribution in [0.4, 0.5) is 0 Å². The Kier molecular flexibility index (Phi) is 15.6. The fourth-order valence-electron chi connectivity index (χ4n) is 0.385. The average molecular weight is 192 g/mol. The van der Waals surface area contributed by atoms with Crippen LogP contribution >= 0.6 is 7.82 Å². The summed E-state index contributed by atoms with van der Waals surface area (Å²) in [6.45, 7) is 0. The van der Waals surface area contributed by atoms with Crippen molar-refractivity contribution >= 4 is 7.82 Å². The second-order valence-corrected chi connectivity index (χ2v) is 2.69. The summed E-state index contributed by atoms with van der Waals surface area (Å²) in [7, 11) is -4.64. The van der Waals surface area contributed by atoms with E-state index in [4.69, 9.17) is 19.2 Å². The molecule has 0 radical (unpaired) electrons. The van der Waals surface area contributed by atoms with Crippen molar-refractivity contribution in [3.05, 3.63) is 36.4 Å². The summed E-state index contributed by atoms with van der Waals surface area (Å²) >= 11 is 0. The van der Waals surface area contributed by atoms with Gasteiger partial charge in [0.1, 0.15) is 0 Å². The van der Waals surface area contributed by atoms with Crippen LogP contribution < -0.4 is 37.7 Å². The number of benzene rings is 1. The SMILES string of the molecule is O=P(O)(O)O.[H-].[H-].[Li+].[Li+].c1ccccc1. The summed E-state index contributed by atoms with van der Waals surface area (Å²) in [5.41, 5.74) is 0. The van der Waals surface area contributed by atoms with E-state index in [0.29, 0.717) is 0 Å². The molecule has 0 saturated carbocycles. The van der Waals surface area contributed by atoms with Crippen LogP contribution in [0.2, 0.25) is 0 Å². The van der Waals surface area contributed by atoms with Gasteiger partial charge in [0.2, 0.25) is 0 Å². The van der Waals surface area contributed by atoms with Gasteiger partial charge in [0.25, 0.3) is 0 Å². The zero-order chi connectivity index (χ0) is 8.74. The Morgan fingerprint density at radius 2 is 0.846 bits per heavy atom. The van der Waals surface area contributed by atoms with Crippen LogP contribution in [0, 0.1) is 0 Å². The van der Waals surface area contributed by atoms with Crippen molar-refractivity contribution in [1.82, 2.24) is 0 Å². The fraction of sp³-hybridized carbons (Fsp3) is 0. The molecule has 1 rings (SSSR count). The van der Waals surface area contributed by atoms with Crippen molar-refractivity contribution in [3.63, 3.8) is 0 Å². The van der Waals surface area contributed by atoms with Crippen molar-refractivity contribution in [3.8, 4) is 0 Å². The normalized spacial score (nSPS) is 8.23. The number of hydrogen-bond donors (Lipinski definition) is 3. The molecule has 1 aromatic carbocycles. The van der Waals surface area contributed by atoms with E-state index in [1.54, 1.807) is 0 Å². The smallest absolute Gasteiger partial charge is 1.00 e. The van der Waals surface area contributed by atoms with Crippen LogP contribution in [-0.4, -0.2) is 14.7 Å². The summed E-state index contributed by atoms with van der Waals surface area (Å²) in [5, 5.41) is 0. The molecule has 0 atom stereocenters. The monoisotopic (exact) mass is 192 g/mol. The molecule has 13 heavy (non-hydrogen) atoms. The van der Waals surface area contributed by atoms with E-state index in [2.05, 4.69) is 0 Å². The summed E-state index contributed by atoms with van der Waals surface area (Å²) in [6.07, 6.45) is 0. The van der Waals surface area contributed by atoms with Gasteiger partial charge in [-0.15, -0.1) is 0 Å². The quantitative estimate of drug-likeness (QED) is 0.284. The molecule has 0 aliphatic rings. The van der Waals surface area contributed by atoms with Crippen molar-refractivity contribution in [2.75, 3.05) is 0 Å². The maximum absolute atomic E-state index is 8.88. The topological polar surface area (TPSA) is 77.8 Å².